The lowest BCUT2D eigenvalue weighted by molar-refractivity contribution is -0.147. The van der Waals surface area contributed by atoms with Crippen LogP contribution in [0.3, 0.4) is 0 Å². The minimum atomic E-state index is -0.0945. The number of hydrogen-bond donors (Lipinski definition) is 0. The van der Waals surface area contributed by atoms with E-state index in [-0.39, 0.29) is 17.8 Å². The zero-order valence-electron chi connectivity index (χ0n) is 15.0. The molecule has 0 aromatic heterocycles. The lowest BCUT2D eigenvalue weighted by atomic mass is 9.81. The van der Waals surface area contributed by atoms with Crippen LogP contribution in [0.2, 0.25) is 0 Å². The smallest absolute Gasteiger partial charge is 0.308 e. The maximum absolute atomic E-state index is 12.0. The van der Waals surface area contributed by atoms with Crippen molar-refractivity contribution in [1.29, 1.82) is 0 Å². The third-order valence-corrected chi connectivity index (χ3v) is 4.22. The van der Waals surface area contributed by atoms with Gasteiger partial charge in [0.2, 0.25) is 5.91 Å². The van der Waals surface area contributed by atoms with Crippen LogP contribution in [0.15, 0.2) is 12.3 Å². The van der Waals surface area contributed by atoms with Crippen molar-refractivity contribution in [3.8, 4) is 0 Å². The molecule has 1 aliphatic rings. The molecule has 4 nitrogen and oxygen atoms in total. The Balaban J connectivity index is 0.00000211. The Kier molecular flexibility index (Phi) is 10.6. The third kappa shape index (κ3) is 6.20. The van der Waals surface area contributed by atoms with Gasteiger partial charge in [-0.15, -0.1) is 0 Å². The van der Waals surface area contributed by atoms with Gasteiger partial charge in [-0.1, -0.05) is 34.3 Å². The van der Waals surface area contributed by atoms with Crippen molar-refractivity contribution in [2.75, 3.05) is 13.7 Å². The van der Waals surface area contributed by atoms with Gasteiger partial charge >= 0.3 is 5.97 Å². The maximum Gasteiger partial charge on any atom is 0.308 e. The van der Waals surface area contributed by atoms with Crippen molar-refractivity contribution >= 4 is 11.9 Å². The summed E-state index contributed by atoms with van der Waals surface area (Å²) >= 11 is 0. The minimum Gasteiger partial charge on any atom is -0.469 e. The second-order valence-electron chi connectivity index (χ2n) is 5.52. The summed E-state index contributed by atoms with van der Waals surface area (Å²) in [5.41, 5.74) is 0.895. The number of hydrogen-bond acceptors (Lipinski definition) is 3. The number of nitrogens with zero attached hydrogens (tertiary/aromatic N) is 1. The highest BCUT2D eigenvalue weighted by molar-refractivity contribution is 5.77. The quantitative estimate of drug-likeness (QED) is 0.692. The molecule has 1 saturated carbocycles. The molecule has 128 valence electrons. The summed E-state index contributed by atoms with van der Waals surface area (Å²) < 4.78 is 4.80. The number of methoxy groups -OCH3 is 1. The van der Waals surface area contributed by atoms with Crippen LogP contribution in [0, 0.1) is 11.8 Å². The molecule has 1 fully saturated rings. The van der Waals surface area contributed by atoms with Crippen LogP contribution in [0.1, 0.15) is 66.2 Å². The summed E-state index contributed by atoms with van der Waals surface area (Å²) in [5, 5.41) is 0. The molecule has 0 saturated heterocycles. The first-order valence-corrected chi connectivity index (χ1v) is 8.59. The lowest BCUT2D eigenvalue weighted by Crippen LogP contribution is -2.36. The van der Waals surface area contributed by atoms with Crippen LogP contribution in [0.5, 0.6) is 0 Å². The first kappa shape index (κ1) is 20.7. The topological polar surface area (TPSA) is 46.6 Å². The zero-order valence-corrected chi connectivity index (χ0v) is 15.0. The van der Waals surface area contributed by atoms with Crippen LogP contribution in [-0.2, 0) is 14.3 Å². The van der Waals surface area contributed by atoms with E-state index < -0.39 is 0 Å². The van der Waals surface area contributed by atoms with E-state index in [1.165, 1.54) is 7.11 Å². The average molecular weight is 311 g/mol. The standard InChI is InChI=1S/C16H27NO3.C2H6/c1-5-12(3)17(15(18)6-2)11-13-7-9-14(10-8-13)16(19)20-4;1-2/h13-14H,3,5-11H2,1-2,4H3;1-2H3. The zero-order chi connectivity index (χ0) is 17.1. The Morgan fingerprint density at radius 1 is 1.09 bits per heavy atom. The second kappa shape index (κ2) is 11.3. The van der Waals surface area contributed by atoms with Gasteiger partial charge in [0, 0.05) is 18.7 Å². The van der Waals surface area contributed by atoms with Gasteiger partial charge in [0.15, 0.2) is 0 Å². The largest absolute Gasteiger partial charge is 0.469 e. The van der Waals surface area contributed by atoms with Crippen LogP contribution in [0.4, 0.5) is 0 Å². The Morgan fingerprint density at radius 2 is 1.64 bits per heavy atom. The fourth-order valence-electron chi connectivity index (χ4n) is 2.79. The molecule has 0 radical (unpaired) electrons. The van der Waals surface area contributed by atoms with Crippen LogP contribution >= 0.6 is 0 Å². The summed E-state index contributed by atoms with van der Waals surface area (Å²) in [5.74, 6) is 0.561. The predicted molar refractivity (Wildman–Crippen MR) is 90.2 cm³/mol. The first-order chi connectivity index (χ1) is 10.5. The number of esters is 1. The molecule has 1 aliphatic carbocycles. The summed E-state index contributed by atoms with van der Waals surface area (Å²) in [6, 6.07) is 0. The summed E-state index contributed by atoms with van der Waals surface area (Å²) in [7, 11) is 1.45. The predicted octanol–water partition coefficient (Wildman–Crippen LogP) is 4.15. The van der Waals surface area contributed by atoms with Crippen LogP contribution < -0.4 is 0 Å². The summed E-state index contributed by atoms with van der Waals surface area (Å²) in [6.45, 7) is 12.6. The highest BCUT2D eigenvalue weighted by Gasteiger charge is 2.29. The summed E-state index contributed by atoms with van der Waals surface area (Å²) in [6.07, 6.45) is 4.99. The number of amides is 1. The van der Waals surface area contributed by atoms with E-state index in [9.17, 15) is 9.59 Å². The van der Waals surface area contributed by atoms with Crippen LogP contribution in [-0.4, -0.2) is 30.4 Å². The average Bonchev–Trinajstić information content (AvgIpc) is 2.59. The Bertz CT molecular complexity index is 341. The number of carbonyl (C=O) groups excluding carboxylic acids is 2. The van der Waals surface area contributed by atoms with Gasteiger partial charge < -0.3 is 9.64 Å². The molecule has 4 heteroatoms. The van der Waals surface area contributed by atoms with Gasteiger partial charge in [0.25, 0.3) is 0 Å². The van der Waals surface area contributed by atoms with Gasteiger partial charge in [-0.05, 0) is 38.0 Å². The van der Waals surface area contributed by atoms with E-state index >= 15 is 0 Å². The summed E-state index contributed by atoms with van der Waals surface area (Å²) in [4.78, 5) is 25.3. The Hall–Kier alpha value is -1.32. The van der Waals surface area contributed by atoms with Gasteiger partial charge in [0.1, 0.15) is 0 Å². The van der Waals surface area contributed by atoms with Crippen molar-refractivity contribution in [2.45, 2.75) is 66.2 Å². The monoisotopic (exact) mass is 311 g/mol. The molecule has 22 heavy (non-hydrogen) atoms. The Morgan fingerprint density at radius 3 is 2.05 bits per heavy atom. The molecule has 0 spiro atoms. The van der Waals surface area contributed by atoms with Gasteiger partial charge in [-0.3, -0.25) is 9.59 Å². The minimum absolute atomic E-state index is 0.0425. The van der Waals surface area contributed by atoms with E-state index in [2.05, 4.69) is 6.58 Å². The number of ether oxygens (including phenoxy) is 1. The Labute approximate surface area is 135 Å². The molecule has 0 aromatic rings. The molecule has 0 aromatic carbocycles. The van der Waals surface area contributed by atoms with Gasteiger partial charge in [-0.25, -0.2) is 0 Å². The van der Waals surface area contributed by atoms with E-state index in [1.54, 1.807) is 0 Å². The van der Waals surface area contributed by atoms with E-state index in [4.69, 9.17) is 4.74 Å². The van der Waals surface area contributed by atoms with Crippen molar-refractivity contribution in [3.63, 3.8) is 0 Å². The molecule has 1 amide bonds. The second-order valence-corrected chi connectivity index (χ2v) is 5.52. The molecule has 1 rings (SSSR count). The normalized spacial score (nSPS) is 20.4. The molecule has 0 bridgehead atoms. The van der Waals surface area contributed by atoms with Gasteiger partial charge in [0.05, 0.1) is 13.0 Å². The highest BCUT2D eigenvalue weighted by Crippen LogP contribution is 2.31. The molecule has 0 heterocycles. The van der Waals surface area contributed by atoms with E-state index in [0.717, 1.165) is 44.3 Å². The third-order valence-electron chi connectivity index (χ3n) is 4.22. The van der Waals surface area contributed by atoms with Crippen molar-refractivity contribution in [3.05, 3.63) is 12.3 Å². The SMILES string of the molecule is C=C(CC)N(CC1CCC(C(=O)OC)CC1)C(=O)CC.CC. The van der Waals surface area contributed by atoms with E-state index in [0.29, 0.717) is 12.3 Å². The molecule has 0 aliphatic heterocycles. The van der Waals surface area contributed by atoms with Crippen molar-refractivity contribution in [1.82, 2.24) is 4.90 Å². The van der Waals surface area contributed by atoms with Crippen molar-refractivity contribution in [2.24, 2.45) is 11.8 Å². The molecular weight excluding hydrogens is 278 g/mol. The highest BCUT2D eigenvalue weighted by atomic mass is 16.5. The molecule has 0 N–H and O–H groups in total. The van der Waals surface area contributed by atoms with E-state index in [1.807, 2.05) is 32.6 Å². The fourth-order valence-corrected chi connectivity index (χ4v) is 2.79. The van der Waals surface area contributed by atoms with Gasteiger partial charge in [-0.2, -0.15) is 0 Å². The molecule has 0 unspecified atom stereocenters. The maximum atomic E-state index is 12.0. The first-order valence-electron chi connectivity index (χ1n) is 8.59. The lowest BCUT2D eigenvalue weighted by Gasteiger charge is -2.32. The number of carbonyl (C=O) groups is 2. The van der Waals surface area contributed by atoms with Crippen molar-refractivity contribution < 1.29 is 14.3 Å². The molecular formula is C18H33NO3. The number of allylic oxidation sites excluding steroid dienone is 1. The van der Waals surface area contributed by atoms with Crippen LogP contribution in [0.25, 0.3) is 0 Å². The fraction of sp³-hybridized carbons (Fsp3) is 0.778. The number of rotatable bonds is 6. The molecule has 0 atom stereocenters.